The Morgan fingerprint density at radius 1 is 0.943 bits per heavy atom. The Balaban J connectivity index is 1.34. The average molecular weight is 489 g/mol. The van der Waals surface area contributed by atoms with Crippen LogP contribution in [0.3, 0.4) is 0 Å². The van der Waals surface area contributed by atoms with Crippen molar-refractivity contribution in [1.29, 1.82) is 0 Å². The summed E-state index contributed by atoms with van der Waals surface area (Å²) >= 11 is 5.97. The van der Waals surface area contributed by atoms with Gasteiger partial charge in [-0.3, -0.25) is 14.9 Å². The molecule has 2 aliphatic heterocycles. The van der Waals surface area contributed by atoms with E-state index in [4.69, 9.17) is 16.6 Å². The van der Waals surface area contributed by atoms with Crippen LogP contribution in [0.2, 0.25) is 5.02 Å². The maximum Gasteiger partial charge on any atom is 0.252 e. The first-order valence-electron chi connectivity index (χ1n) is 11.5. The monoisotopic (exact) mass is 488 g/mol. The fourth-order valence-corrected chi connectivity index (χ4v) is 4.50. The summed E-state index contributed by atoms with van der Waals surface area (Å²) in [5.74, 6) is 0.0847. The summed E-state index contributed by atoms with van der Waals surface area (Å²) in [5.41, 5.74) is 1.33. The second-order valence-corrected chi connectivity index (χ2v) is 8.87. The Bertz CT molecular complexity index is 1210. The van der Waals surface area contributed by atoms with Crippen LogP contribution in [0, 0.1) is 0 Å². The number of aliphatic imine (C=N–C) groups is 1. The number of guanidine groups is 1. The summed E-state index contributed by atoms with van der Waals surface area (Å²) in [4.78, 5) is 39.8. The minimum Gasteiger partial charge on any atom is -0.353 e. The molecule has 2 amide bonds. The molecular formula is C26H25ClN6O2. The van der Waals surface area contributed by atoms with E-state index in [-0.39, 0.29) is 11.8 Å². The molecule has 0 saturated carbocycles. The predicted octanol–water partition coefficient (Wildman–Crippen LogP) is 3.13. The minimum atomic E-state index is -0.867. The Morgan fingerprint density at radius 3 is 2.31 bits per heavy atom. The molecule has 8 nitrogen and oxygen atoms in total. The van der Waals surface area contributed by atoms with Crippen LogP contribution >= 0.6 is 11.6 Å². The predicted molar refractivity (Wildman–Crippen MR) is 137 cm³/mol. The van der Waals surface area contributed by atoms with Crippen LogP contribution in [0.25, 0.3) is 0 Å². The van der Waals surface area contributed by atoms with Gasteiger partial charge in [-0.25, -0.2) is 9.98 Å². The molecule has 2 unspecified atom stereocenters. The van der Waals surface area contributed by atoms with Gasteiger partial charge in [-0.2, -0.15) is 0 Å². The number of hydrogen-bond acceptors (Lipinski definition) is 6. The number of amides is 2. The maximum absolute atomic E-state index is 13.4. The van der Waals surface area contributed by atoms with Crippen molar-refractivity contribution in [3.63, 3.8) is 0 Å². The van der Waals surface area contributed by atoms with E-state index in [2.05, 4.69) is 25.4 Å². The molecule has 178 valence electrons. The average Bonchev–Trinajstić information content (AvgIpc) is 3.28. The molecule has 1 fully saturated rings. The number of anilines is 2. The lowest BCUT2D eigenvalue weighted by molar-refractivity contribution is -0.125. The normalized spacial score (nSPS) is 18.6. The first-order valence-corrected chi connectivity index (χ1v) is 11.9. The van der Waals surface area contributed by atoms with Gasteiger partial charge in [-0.1, -0.05) is 48.0 Å². The van der Waals surface area contributed by atoms with Crippen LogP contribution in [0.1, 0.15) is 11.5 Å². The molecule has 2 N–H and O–H groups in total. The number of pyridine rings is 1. The standard InChI is InChI=1S/C26H25ClN6O2/c27-19-9-11-20(12-10-19)29-24(34)22(18-6-2-1-3-7-18)23-25(35)31-26(30-23)33-16-14-32(15-17-33)21-8-4-5-13-28-21/h1-13,22-23H,14-17H2,(H,29,34)(H,30,31,35). The number of rotatable bonds is 5. The van der Waals surface area contributed by atoms with Gasteiger partial charge in [0, 0.05) is 43.1 Å². The number of aromatic nitrogens is 1. The van der Waals surface area contributed by atoms with Gasteiger partial charge in [-0.15, -0.1) is 0 Å². The van der Waals surface area contributed by atoms with Crippen LogP contribution < -0.4 is 15.5 Å². The van der Waals surface area contributed by atoms with E-state index in [9.17, 15) is 9.59 Å². The summed E-state index contributed by atoms with van der Waals surface area (Å²) < 4.78 is 0. The second-order valence-electron chi connectivity index (χ2n) is 8.43. The molecule has 2 atom stereocenters. The number of halogens is 1. The lowest BCUT2D eigenvalue weighted by Gasteiger charge is -2.36. The third kappa shape index (κ3) is 5.12. The van der Waals surface area contributed by atoms with E-state index >= 15 is 0 Å². The number of piperazine rings is 1. The van der Waals surface area contributed by atoms with Crippen molar-refractivity contribution >= 4 is 40.9 Å². The van der Waals surface area contributed by atoms with Crippen molar-refractivity contribution in [3.8, 4) is 0 Å². The highest BCUT2D eigenvalue weighted by atomic mass is 35.5. The third-order valence-corrected chi connectivity index (χ3v) is 6.44. The number of nitrogens with zero attached hydrogens (tertiary/aromatic N) is 4. The van der Waals surface area contributed by atoms with E-state index in [1.54, 1.807) is 30.5 Å². The largest absolute Gasteiger partial charge is 0.353 e. The van der Waals surface area contributed by atoms with E-state index in [0.29, 0.717) is 29.8 Å². The van der Waals surface area contributed by atoms with Crippen molar-refractivity contribution in [2.45, 2.75) is 12.0 Å². The molecule has 0 bridgehead atoms. The lowest BCUT2D eigenvalue weighted by Crippen LogP contribution is -2.52. The molecular weight excluding hydrogens is 464 g/mol. The van der Waals surface area contributed by atoms with E-state index < -0.39 is 12.0 Å². The zero-order chi connectivity index (χ0) is 24.2. The summed E-state index contributed by atoms with van der Waals surface area (Å²) in [6.07, 6.45) is 1.78. The Hall–Kier alpha value is -3.91. The summed E-state index contributed by atoms with van der Waals surface area (Å²) in [7, 11) is 0. The smallest absolute Gasteiger partial charge is 0.252 e. The van der Waals surface area contributed by atoms with E-state index in [1.165, 1.54) is 0 Å². The van der Waals surface area contributed by atoms with Crippen molar-refractivity contribution in [2.24, 2.45) is 4.99 Å². The number of carbonyl (C=O) groups is 2. The summed E-state index contributed by atoms with van der Waals surface area (Å²) in [5, 5.41) is 6.40. The summed E-state index contributed by atoms with van der Waals surface area (Å²) in [6, 6.07) is 21.1. The fourth-order valence-electron chi connectivity index (χ4n) is 4.37. The Labute approximate surface area is 208 Å². The first-order chi connectivity index (χ1) is 17.1. The molecule has 2 aliphatic rings. The minimum absolute atomic E-state index is 0.285. The summed E-state index contributed by atoms with van der Waals surface area (Å²) in [6.45, 7) is 2.90. The maximum atomic E-state index is 13.4. The van der Waals surface area contributed by atoms with Gasteiger partial charge in [-0.05, 0) is 42.0 Å². The molecule has 35 heavy (non-hydrogen) atoms. The number of nitrogens with one attached hydrogen (secondary N) is 2. The molecule has 1 saturated heterocycles. The lowest BCUT2D eigenvalue weighted by atomic mass is 9.90. The molecule has 0 radical (unpaired) electrons. The molecule has 9 heteroatoms. The van der Waals surface area contributed by atoms with Crippen LogP contribution in [0.5, 0.6) is 0 Å². The molecule has 0 spiro atoms. The molecule has 3 heterocycles. The van der Waals surface area contributed by atoms with Gasteiger partial charge in [0.1, 0.15) is 11.9 Å². The van der Waals surface area contributed by atoms with Crippen LogP contribution in [0.4, 0.5) is 11.5 Å². The van der Waals surface area contributed by atoms with Crippen LogP contribution in [-0.4, -0.2) is 59.9 Å². The fraction of sp³-hybridized carbons (Fsp3) is 0.231. The Kier molecular flexibility index (Phi) is 6.63. The number of carbonyl (C=O) groups excluding carboxylic acids is 2. The SMILES string of the molecule is O=C1NC(N2CCN(c3ccccn3)CC2)=NC1C(C(=O)Nc1ccc(Cl)cc1)c1ccccc1. The van der Waals surface area contributed by atoms with Crippen LogP contribution in [-0.2, 0) is 9.59 Å². The molecule has 3 aromatic rings. The molecule has 2 aromatic carbocycles. The van der Waals surface area contributed by atoms with Gasteiger partial charge < -0.3 is 15.1 Å². The molecule has 1 aromatic heterocycles. The van der Waals surface area contributed by atoms with Crippen molar-refractivity contribution in [2.75, 3.05) is 36.4 Å². The van der Waals surface area contributed by atoms with Gasteiger partial charge in [0.25, 0.3) is 5.91 Å². The third-order valence-electron chi connectivity index (χ3n) is 6.19. The highest BCUT2D eigenvalue weighted by molar-refractivity contribution is 6.30. The highest BCUT2D eigenvalue weighted by Crippen LogP contribution is 2.27. The topological polar surface area (TPSA) is 89.9 Å². The van der Waals surface area contributed by atoms with Crippen LogP contribution in [0.15, 0.2) is 84.0 Å². The number of hydrogen-bond donors (Lipinski definition) is 2. The van der Waals surface area contributed by atoms with E-state index in [0.717, 1.165) is 24.5 Å². The zero-order valence-electron chi connectivity index (χ0n) is 19.0. The Morgan fingerprint density at radius 2 is 1.63 bits per heavy atom. The van der Waals surface area contributed by atoms with Crippen molar-refractivity contribution in [1.82, 2.24) is 15.2 Å². The van der Waals surface area contributed by atoms with Crippen molar-refractivity contribution in [3.05, 3.63) is 89.6 Å². The van der Waals surface area contributed by atoms with Gasteiger partial charge >= 0.3 is 0 Å². The van der Waals surface area contributed by atoms with Crippen molar-refractivity contribution < 1.29 is 9.59 Å². The van der Waals surface area contributed by atoms with E-state index in [1.807, 2.05) is 48.5 Å². The quantitative estimate of drug-likeness (QED) is 0.576. The van der Waals surface area contributed by atoms with Gasteiger partial charge in [0.15, 0.2) is 0 Å². The zero-order valence-corrected chi connectivity index (χ0v) is 19.7. The second kappa shape index (κ2) is 10.1. The molecule has 0 aliphatic carbocycles. The highest BCUT2D eigenvalue weighted by Gasteiger charge is 2.40. The van der Waals surface area contributed by atoms with Gasteiger partial charge in [0.2, 0.25) is 11.9 Å². The van der Waals surface area contributed by atoms with Gasteiger partial charge in [0.05, 0.1) is 5.92 Å². The molecule has 5 rings (SSSR count). The first kappa shape index (κ1) is 22.9. The number of benzene rings is 2.